The van der Waals surface area contributed by atoms with Crippen molar-refractivity contribution in [3.8, 4) is 0 Å². The number of nitrogens with one attached hydrogen (secondary N) is 2. The van der Waals surface area contributed by atoms with E-state index in [4.69, 9.17) is 17.0 Å². The molecule has 1 spiro atoms. The SMILES string of the molecule is CCOC(=O)c1ccc(NC(=S)N2CCC3(CC2)C(=O)NCN3c2ccccc2)cc1. The molecule has 0 bridgehead atoms. The largest absolute Gasteiger partial charge is 0.462 e. The molecule has 162 valence electrons. The van der Waals surface area contributed by atoms with E-state index in [1.807, 2.05) is 42.5 Å². The summed E-state index contributed by atoms with van der Waals surface area (Å²) in [5.74, 6) is -0.250. The van der Waals surface area contributed by atoms with Crippen LogP contribution in [0, 0.1) is 0 Å². The minimum Gasteiger partial charge on any atom is -0.462 e. The summed E-state index contributed by atoms with van der Waals surface area (Å²) in [7, 11) is 0. The number of para-hydroxylation sites is 1. The van der Waals surface area contributed by atoms with Gasteiger partial charge in [-0.05, 0) is 68.4 Å². The number of benzene rings is 2. The van der Waals surface area contributed by atoms with E-state index in [1.165, 1.54) is 0 Å². The Morgan fingerprint density at radius 3 is 2.45 bits per heavy atom. The average Bonchev–Trinajstić information content (AvgIpc) is 3.11. The Labute approximate surface area is 187 Å². The van der Waals surface area contributed by atoms with Gasteiger partial charge < -0.3 is 25.2 Å². The molecule has 4 rings (SSSR count). The number of nitrogens with zero attached hydrogens (tertiary/aromatic N) is 2. The zero-order valence-electron chi connectivity index (χ0n) is 17.5. The molecule has 2 saturated heterocycles. The second-order valence-electron chi connectivity index (χ2n) is 7.67. The number of carbonyl (C=O) groups excluding carboxylic acids is 2. The van der Waals surface area contributed by atoms with Gasteiger partial charge >= 0.3 is 5.97 Å². The van der Waals surface area contributed by atoms with Crippen molar-refractivity contribution in [1.82, 2.24) is 10.2 Å². The van der Waals surface area contributed by atoms with Crippen LogP contribution < -0.4 is 15.5 Å². The van der Waals surface area contributed by atoms with Crippen molar-refractivity contribution >= 4 is 40.6 Å². The highest BCUT2D eigenvalue weighted by Gasteiger charge is 2.50. The fourth-order valence-corrected chi connectivity index (χ4v) is 4.52. The van der Waals surface area contributed by atoms with Crippen LogP contribution in [-0.2, 0) is 9.53 Å². The number of thiocarbonyl (C=S) groups is 1. The molecule has 0 saturated carbocycles. The molecule has 8 heteroatoms. The lowest BCUT2D eigenvalue weighted by Crippen LogP contribution is -2.57. The summed E-state index contributed by atoms with van der Waals surface area (Å²) in [5, 5.41) is 6.87. The molecule has 2 N–H and O–H groups in total. The van der Waals surface area contributed by atoms with E-state index in [0.717, 1.165) is 11.4 Å². The Morgan fingerprint density at radius 1 is 1.13 bits per heavy atom. The topological polar surface area (TPSA) is 73.9 Å². The predicted octanol–water partition coefficient (Wildman–Crippen LogP) is 2.99. The molecule has 0 aliphatic carbocycles. The van der Waals surface area contributed by atoms with Crippen molar-refractivity contribution in [2.45, 2.75) is 25.3 Å². The molecule has 7 nitrogen and oxygen atoms in total. The maximum atomic E-state index is 12.8. The molecule has 0 atom stereocenters. The smallest absolute Gasteiger partial charge is 0.338 e. The van der Waals surface area contributed by atoms with Crippen LogP contribution in [0.5, 0.6) is 0 Å². The maximum absolute atomic E-state index is 12.8. The van der Waals surface area contributed by atoms with Gasteiger partial charge in [-0.2, -0.15) is 0 Å². The third-order valence-corrected chi connectivity index (χ3v) is 6.29. The quantitative estimate of drug-likeness (QED) is 0.562. The summed E-state index contributed by atoms with van der Waals surface area (Å²) in [6.07, 6.45) is 1.38. The predicted molar refractivity (Wildman–Crippen MR) is 124 cm³/mol. The first-order chi connectivity index (χ1) is 15.0. The minimum absolute atomic E-state index is 0.0874. The Bertz CT molecular complexity index is 957. The van der Waals surface area contributed by atoms with Crippen LogP contribution in [-0.4, -0.2) is 53.8 Å². The van der Waals surface area contributed by atoms with Gasteiger partial charge in [-0.1, -0.05) is 18.2 Å². The van der Waals surface area contributed by atoms with Crippen LogP contribution in [0.15, 0.2) is 54.6 Å². The maximum Gasteiger partial charge on any atom is 0.338 e. The zero-order valence-corrected chi connectivity index (χ0v) is 18.3. The zero-order chi connectivity index (χ0) is 21.8. The van der Waals surface area contributed by atoms with Gasteiger partial charge in [0, 0.05) is 24.5 Å². The minimum atomic E-state index is -0.533. The normalized spacial score (nSPS) is 17.4. The van der Waals surface area contributed by atoms with Crippen molar-refractivity contribution in [2.24, 2.45) is 0 Å². The van der Waals surface area contributed by atoms with E-state index >= 15 is 0 Å². The van der Waals surface area contributed by atoms with E-state index in [9.17, 15) is 9.59 Å². The fourth-order valence-electron chi connectivity index (χ4n) is 4.22. The number of esters is 1. The highest BCUT2D eigenvalue weighted by atomic mass is 32.1. The number of piperidine rings is 1. The molecule has 0 radical (unpaired) electrons. The highest BCUT2D eigenvalue weighted by molar-refractivity contribution is 7.80. The number of likely N-dealkylation sites (tertiary alicyclic amines) is 1. The molecule has 2 aromatic carbocycles. The number of rotatable bonds is 4. The van der Waals surface area contributed by atoms with Crippen molar-refractivity contribution in [2.75, 3.05) is 36.6 Å². The van der Waals surface area contributed by atoms with E-state index in [2.05, 4.69) is 20.4 Å². The number of carbonyl (C=O) groups is 2. The Balaban J connectivity index is 1.38. The van der Waals surface area contributed by atoms with Crippen molar-refractivity contribution in [3.05, 3.63) is 60.2 Å². The van der Waals surface area contributed by atoms with Gasteiger partial charge in [0.15, 0.2) is 5.11 Å². The van der Waals surface area contributed by atoms with Gasteiger partial charge in [-0.3, -0.25) is 4.79 Å². The van der Waals surface area contributed by atoms with E-state index < -0.39 is 5.54 Å². The fraction of sp³-hybridized carbons (Fsp3) is 0.348. The third kappa shape index (κ3) is 4.20. The first kappa shape index (κ1) is 21.1. The summed E-state index contributed by atoms with van der Waals surface area (Å²) in [4.78, 5) is 28.8. The lowest BCUT2D eigenvalue weighted by atomic mass is 9.86. The van der Waals surface area contributed by atoms with Crippen LogP contribution >= 0.6 is 12.2 Å². The molecule has 2 fully saturated rings. The van der Waals surface area contributed by atoms with Crippen LogP contribution in [0.4, 0.5) is 11.4 Å². The Hall–Kier alpha value is -3.13. The lowest BCUT2D eigenvalue weighted by molar-refractivity contribution is -0.124. The summed E-state index contributed by atoms with van der Waals surface area (Å²) in [6.45, 7) is 4.02. The number of hydrogen-bond acceptors (Lipinski definition) is 5. The van der Waals surface area contributed by atoms with E-state index in [0.29, 0.717) is 49.9 Å². The summed E-state index contributed by atoms with van der Waals surface area (Å²) < 4.78 is 5.01. The summed E-state index contributed by atoms with van der Waals surface area (Å²) in [5.41, 5.74) is 1.83. The Morgan fingerprint density at radius 2 is 1.81 bits per heavy atom. The molecule has 2 aliphatic heterocycles. The third-order valence-electron chi connectivity index (χ3n) is 5.93. The van der Waals surface area contributed by atoms with Crippen LogP contribution in [0.25, 0.3) is 0 Å². The molecule has 0 aromatic heterocycles. The molecule has 31 heavy (non-hydrogen) atoms. The van der Waals surface area contributed by atoms with Crippen molar-refractivity contribution in [3.63, 3.8) is 0 Å². The number of anilines is 2. The molecule has 1 amide bonds. The van der Waals surface area contributed by atoms with Gasteiger partial charge in [-0.15, -0.1) is 0 Å². The van der Waals surface area contributed by atoms with Crippen molar-refractivity contribution < 1.29 is 14.3 Å². The van der Waals surface area contributed by atoms with E-state index in [1.54, 1.807) is 19.1 Å². The van der Waals surface area contributed by atoms with Gasteiger partial charge in [0.25, 0.3) is 0 Å². The number of ether oxygens (including phenoxy) is 1. The van der Waals surface area contributed by atoms with Gasteiger partial charge in [-0.25, -0.2) is 4.79 Å². The first-order valence-corrected chi connectivity index (χ1v) is 10.9. The van der Waals surface area contributed by atoms with Crippen LogP contribution in [0.1, 0.15) is 30.1 Å². The second kappa shape index (κ2) is 8.93. The molecule has 0 unspecified atom stereocenters. The molecular formula is C23H26N4O3S. The van der Waals surface area contributed by atoms with Gasteiger partial charge in [0.2, 0.25) is 5.91 Å². The van der Waals surface area contributed by atoms with E-state index in [-0.39, 0.29) is 11.9 Å². The summed E-state index contributed by atoms with van der Waals surface area (Å²) in [6, 6.07) is 17.1. The molecular weight excluding hydrogens is 412 g/mol. The monoisotopic (exact) mass is 438 g/mol. The Kier molecular flexibility index (Phi) is 6.08. The highest BCUT2D eigenvalue weighted by Crippen LogP contribution is 2.36. The summed E-state index contributed by atoms with van der Waals surface area (Å²) >= 11 is 5.61. The number of amides is 1. The average molecular weight is 439 g/mol. The van der Waals surface area contributed by atoms with Crippen LogP contribution in [0.3, 0.4) is 0 Å². The molecule has 2 heterocycles. The first-order valence-electron chi connectivity index (χ1n) is 10.5. The molecule has 2 aromatic rings. The van der Waals surface area contributed by atoms with Crippen LogP contribution in [0.2, 0.25) is 0 Å². The van der Waals surface area contributed by atoms with Gasteiger partial charge in [0.1, 0.15) is 5.54 Å². The standard InChI is InChI=1S/C23H26N4O3S/c1-2-30-20(28)17-8-10-18(11-9-17)25-22(31)26-14-12-23(13-15-26)21(29)24-16-27(23)19-6-4-3-5-7-19/h3-11H,2,12-16H2,1H3,(H,24,29)(H,25,31). The van der Waals surface area contributed by atoms with Gasteiger partial charge in [0.05, 0.1) is 18.8 Å². The lowest BCUT2D eigenvalue weighted by Gasteiger charge is -2.44. The second-order valence-corrected chi connectivity index (χ2v) is 8.06. The van der Waals surface area contributed by atoms with Crippen molar-refractivity contribution in [1.29, 1.82) is 0 Å². The number of hydrogen-bond donors (Lipinski definition) is 2. The molecule has 2 aliphatic rings.